The number of piperidine rings is 1. The van der Waals surface area contributed by atoms with Gasteiger partial charge >= 0.3 is 6.18 Å². The molecule has 0 aliphatic carbocycles. The zero-order valence-electron chi connectivity index (χ0n) is 25.5. The molecular formula is C30H40F3N9O3S. The number of rotatable bonds is 14. The van der Waals surface area contributed by atoms with Crippen molar-refractivity contribution in [3.05, 3.63) is 47.3 Å². The lowest BCUT2D eigenvalue weighted by atomic mass is 9.93. The average molecular weight is 664 g/mol. The monoisotopic (exact) mass is 663 g/mol. The SMILES string of the molecule is N#Cc1ccc(CCCC(=O)[C@@H]2CCCN2c2cc(N3CCC(CCNS(=O)(=O)CCN=C(N)N)CC3)nc(C(F)(F)F)n2)cc1. The van der Waals surface area contributed by atoms with Crippen LogP contribution in [0.4, 0.5) is 24.8 Å². The molecule has 2 aliphatic rings. The Balaban J connectivity index is 1.35. The zero-order chi connectivity index (χ0) is 33.3. The first kappa shape index (κ1) is 34.9. The number of benzene rings is 1. The number of nitrogens with zero attached hydrogens (tertiary/aromatic N) is 6. The predicted molar refractivity (Wildman–Crippen MR) is 169 cm³/mol. The molecule has 0 spiro atoms. The van der Waals surface area contributed by atoms with Gasteiger partial charge in [0, 0.05) is 38.7 Å². The van der Waals surface area contributed by atoms with E-state index >= 15 is 0 Å². The molecule has 4 rings (SSSR count). The van der Waals surface area contributed by atoms with Gasteiger partial charge in [0.1, 0.15) is 11.6 Å². The van der Waals surface area contributed by atoms with Crippen LogP contribution in [-0.4, -0.2) is 74.6 Å². The van der Waals surface area contributed by atoms with Gasteiger partial charge in [0.15, 0.2) is 11.7 Å². The van der Waals surface area contributed by atoms with Crippen molar-refractivity contribution < 1.29 is 26.4 Å². The second kappa shape index (κ2) is 15.5. The molecule has 1 aromatic carbocycles. The minimum Gasteiger partial charge on any atom is -0.370 e. The highest BCUT2D eigenvalue weighted by molar-refractivity contribution is 7.89. The number of nitrogens with two attached hydrogens (primary N) is 2. The van der Waals surface area contributed by atoms with Gasteiger partial charge in [-0.1, -0.05) is 12.1 Å². The Labute approximate surface area is 267 Å². The maximum absolute atomic E-state index is 13.9. The Morgan fingerprint density at radius 1 is 1.09 bits per heavy atom. The molecule has 0 saturated carbocycles. The number of hydrogen-bond donors (Lipinski definition) is 3. The summed E-state index contributed by atoms with van der Waals surface area (Å²) in [4.78, 5) is 28.1. The van der Waals surface area contributed by atoms with Gasteiger partial charge in [0.05, 0.1) is 30.0 Å². The number of aryl methyl sites for hydroxylation is 1. The summed E-state index contributed by atoms with van der Waals surface area (Å²) in [6, 6.07) is 10.2. The van der Waals surface area contributed by atoms with Gasteiger partial charge in [-0.25, -0.2) is 23.1 Å². The number of guanidine groups is 1. The van der Waals surface area contributed by atoms with Crippen molar-refractivity contribution in [1.29, 1.82) is 5.26 Å². The van der Waals surface area contributed by atoms with Gasteiger partial charge in [-0.2, -0.15) is 18.4 Å². The van der Waals surface area contributed by atoms with E-state index in [2.05, 4.69) is 25.8 Å². The third-order valence-corrected chi connectivity index (χ3v) is 9.67. The van der Waals surface area contributed by atoms with Gasteiger partial charge in [0.2, 0.25) is 15.8 Å². The summed E-state index contributed by atoms with van der Waals surface area (Å²) in [6.07, 6.45) is -0.141. The highest BCUT2D eigenvalue weighted by Crippen LogP contribution is 2.34. The molecule has 0 bridgehead atoms. The molecule has 5 N–H and O–H groups in total. The summed E-state index contributed by atoms with van der Waals surface area (Å²) >= 11 is 0. The molecule has 0 amide bonds. The molecule has 2 aromatic rings. The quantitative estimate of drug-likeness (QED) is 0.201. The van der Waals surface area contributed by atoms with E-state index in [0.29, 0.717) is 70.1 Å². The van der Waals surface area contributed by atoms with Crippen LogP contribution in [0.1, 0.15) is 61.9 Å². The van der Waals surface area contributed by atoms with E-state index in [1.54, 1.807) is 28.0 Å². The van der Waals surface area contributed by atoms with Crippen LogP contribution in [0.2, 0.25) is 0 Å². The van der Waals surface area contributed by atoms with E-state index in [-0.39, 0.29) is 54.6 Å². The minimum absolute atomic E-state index is 0.0347. The molecule has 0 radical (unpaired) electrons. The number of nitrogens with one attached hydrogen (secondary N) is 1. The Bertz CT molecular complexity index is 1520. The number of nitriles is 1. The Hall–Kier alpha value is -3.97. The normalized spacial score (nSPS) is 17.6. The molecule has 250 valence electrons. The number of ketones is 1. The second-order valence-electron chi connectivity index (χ2n) is 11.6. The van der Waals surface area contributed by atoms with E-state index in [1.165, 1.54) is 0 Å². The Morgan fingerprint density at radius 3 is 2.43 bits per heavy atom. The van der Waals surface area contributed by atoms with E-state index in [9.17, 15) is 26.4 Å². The number of anilines is 2. The van der Waals surface area contributed by atoms with Crippen LogP contribution in [0, 0.1) is 17.2 Å². The molecule has 16 heteroatoms. The fourth-order valence-corrected chi connectivity index (χ4v) is 6.75. The third kappa shape index (κ3) is 10.0. The van der Waals surface area contributed by atoms with E-state index in [1.807, 2.05) is 12.1 Å². The highest BCUT2D eigenvalue weighted by Gasteiger charge is 2.38. The van der Waals surface area contributed by atoms with Gasteiger partial charge < -0.3 is 21.3 Å². The molecule has 2 aliphatic heterocycles. The molecule has 1 aromatic heterocycles. The molecule has 1 atom stereocenters. The summed E-state index contributed by atoms with van der Waals surface area (Å²) < 4.78 is 68.6. The number of Topliss-reactive ketones (excluding diaryl/α,β-unsaturated/α-hetero) is 1. The number of halogens is 3. The molecule has 12 nitrogen and oxygen atoms in total. The minimum atomic E-state index is -4.76. The van der Waals surface area contributed by atoms with Crippen LogP contribution in [0.3, 0.4) is 0 Å². The lowest BCUT2D eigenvalue weighted by Crippen LogP contribution is -2.38. The molecule has 46 heavy (non-hydrogen) atoms. The third-order valence-electron chi connectivity index (χ3n) is 8.31. The first-order valence-corrected chi connectivity index (χ1v) is 17.0. The van der Waals surface area contributed by atoms with Gasteiger partial charge in [-0.05, 0) is 68.6 Å². The van der Waals surface area contributed by atoms with Crippen LogP contribution in [0.15, 0.2) is 35.3 Å². The number of sulfonamides is 1. The number of aliphatic imine (C=N–C) groups is 1. The smallest absolute Gasteiger partial charge is 0.370 e. The molecular weight excluding hydrogens is 623 g/mol. The summed E-state index contributed by atoms with van der Waals surface area (Å²) in [5.74, 6) is -1.24. The molecule has 3 heterocycles. The Morgan fingerprint density at radius 2 is 1.78 bits per heavy atom. The average Bonchev–Trinajstić information content (AvgIpc) is 3.51. The van der Waals surface area contributed by atoms with Crippen molar-refractivity contribution in [3.8, 4) is 6.07 Å². The fourth-order valence-electron chi connectivity index (χ4n) is 5.85. The number of aromatic nitrogens is 2. The van der Waals surface area contributed by atoms with Crippen molar-refractivity contribution in [1.82, 2.24) is 14.7 Å². The zero-order valence-corrected chi connectivity index (χ0v) is 26.4. The standard InChI is InChI=1S/C30H40F3N9O3S/c31-30(32,33)28-39-26(41-16-11-22(12-17-41)10-13-38-46(44,45)18-14-37-29(35)36)19-27(40-28)42-15-2-4-24(42)25(43)5-1-3-21-6-8-23(20-34)9-7-21/h6-9,19,22,24,38H,1-5,10-18H2,(H4,35,36,37)/t24-/m0/s1. The largest absolute Gasteiger partial charge is 0.451 e. The number of carbonyl (C=O) groups excluding carboxylic acids is 1. The lowest BCUT2D eigenvalue weighted by Gasteiger charge is -2.34. The Kier molecular flexibility index (Phi) is 11.8. The first-order valence-electron chi connectivity index (χ1n) is 15.4. The highest BCUT2D eigenvalue weighted by atomic mass is 32.2. The fraction of sp³-hybridized carbons (Fsp3) is 0.567. The number of alkyl halides is 3. The number of hydrogen-bond acceptors (Lipinski definition) is 9. The maximum atomic E-state index is 13.9. The number of carbonyl (C=O) groups is 1. The van der Waals surface area contributed by atoms with Crippen LogP contribution in [0.5, 0.6) is 0 Å². The van der Waals surface area contributed by atoms with E-state index < -0.39 is 28.1 Å². The molecule has 0 unspecified atom stereocenters. The summed E-state index contributed by atoms with van der Waals surface area (Å²) in [7, 11) is -3.54. The summed E-state index contributed by atoms with van der Waals surface area (Å²) in [5, 5.41) is 8.96. The van der Waals surface area contributed by atoms with E-state index in [0.717, 1.165) is 5.56 Å². The van der Waals surface area contributed by atoms with Crippen molar-refractivity contribution in [2.24, 2.45) is 22.4 Å². The maximum Gasteiger partial charge on any atom is 0.451 e. The van der Waals surface area contributed by atoms with Crippen LogP contribution >= 0.6 is 0 Å². The topological polar surface area (TPSA) is 184 Å². The van der Waals surface area contributed by atoms with Crippen molar-refractivity contribution in [2.75, 3.05) is 48.3 Å². The van der Waals surface area contributed by atoms with Gasteiger partial charge in [-0.3, -0.25) is 9.79 Å². The van der Waals surface area contributed by atoms with Crippen LogP contribution in [0.25, 0.3) is 0 Å². The van der Waals surface area contributed by atoms with Crippen LogP contribution in [-0.2, 0) is 27.4 Å². The van der Waals surface area contributed by atoms with Crippen molar-refractivity contribution in [2.45, 2.75) is 63.6 Å². The lowest BCUT2D eigenvalue weighted by molar-refractivity contribution is -0.144. The van der Waals surface area contributed by atoms with E-state index in [4.69, 9.17) is 16.7 Å². The second-order valence-corrected chi connectivity index (χ2v) is 13.6. The summed E-state index contributed by atoms with van der Waals surface area (Å²) in [6.45, 7) is 1.52. The molecule has 2 saturated heterocycles. The van der Waals surface area contributed by atoms with Crippen molar-refractivity contribution >= 4 is 33.4 Å². The van der Waals surface area contributed by atoms with Gasteiger partial charge in [0.25, 0.3) is 0 Å². The van der Waals surface area contributed by atoms with Gasteiger partial charge in [-0.15, -0.1) is 0 Å². The van der Waals surface area contributed by atoms with Crippen molar-refractivity contribution in [3.63, 3.8) is 0 Å². The first-order chi connectivity index (χ1) is 21.8. The van der Waals surface area contributed by atoms with Crippen LogP contribution < -0.4 is 26.0 Å². The summed E-state index contributed by atoms with van der Waals surface area (Å²) in [5.41, 5.74) is 12.0. The predicted octanol–water partition coefficient (Wildman–Crippen LogP) is 2.73. The molecule has 2 fully saturated rings.